The van der Waals surface area contributed by atoms with Crippen molar-refractivity contribution in [2.24, 2.45) is 28.6 Å². The highest BCUT2D eigenvalue weighted by Crippen LogP contribution is 2.70. The summed E-state index contributed by atoms with van der Waals surface area (Å²) in [5.41, 5.74) is 0.847. The number of hydrogen-bond acceptors (Lipinski definition) is 7. The summed E-state index contributed by atoms with van der Waals surface area (Å²) in [6, 6.07) is 6.81. The maximum Gasteiger partial charge on any atom is 0.296 e. The first-order chi connectivity index (χ1) is 17.6. The minimum absolute atomic E-state index is 0.0404. The van der Waals surface area contributed by atoms with Gasteiger partial charge in [0.15, 0.2) is 11.6 Å². The molecule has 3 aliphatic carbocycles. The van der Waals surface area contributed by atoms with Gasteiger partial charge in [-0.25, -0.2) is 0 Å². The standard InChI is InChI=1S/C29H42O7S/c1-21-5-7-22(8-6-21)37(30,31)36-16-4-12-26(2)24-10-13-27(3)25(11-15-29(27)34-19-20-35-29)23(24)9-14-28(26)32-17-18-33-28/h5-8,23-25H,4,9-20H2,1-3H3/t23-,24+,25+,26-,27+/m1/s1. The Morgan fingerprint density at radius 2 is 1.43 bits per heavy atom. The van der Waals surface area contributed by atoms with Crippen LogP contribution in [0.5, 0.6) is 0 Å². The van der Waals surface area contributed by atoms with Gasteiger partial charge >= 0.3 is 0 Å². The lowest BCUT2D eigenvalue weighted by Gasteiger charge is -2.61. The molecule has 5 aliphatic rings. The van der Waals surface area contributed by atoms with E-state index in [-0.39, 0.29) is 22.3 Å². The Morgan fingerprint density at radius 3 is 2.11 bits per heavy atom. The lowest BCUT2D eigenvalue weighted by Crippen LogP contribution is -2.62. The van der Waals surface area contributed by atoms with Crippen molar-refractivity contribution in [2.75, 3.05) is 33.0 Å². The molecule has 206 valence electrons. The monoisotopic (exact) mass is 534 g/mol. The lowest BCUT2D eigenvalue weighted by atomic mass is 9.47. The molecular weight excluding hydrogens is 492 g/mol. The number of aryl methyl sites for hydroxylation is 1. The minimum Gasteiger partial charge on any atom is -0.347 e. The van der Waals surface area contributed by atoms with E-state index in [1.165, 1.54) is 0 Å². The number of rotatable bonds is 6. The SMILES string of the molecule is Cc1ccc(S(=O)(=O)OCCC[C@]2(C)[C@H]3CC[C@@]4(C)[C@@H](CCC45OCCO5)[C@@H]3CCC23OCCO3)cc1. The third-order valence-electron chi connectivity index (χ3n) is 10.9. The van der Waals surface area contributed by atoms with Gasteiger partial charge in [0, 0.05) is 23.7 Å². The summed E-state index contributed by atoms with van der Waals surface area (Å²) in [5.74, 6) is 0.566. The molecule has 37 heavy (non-hydrogen) atoms. The zero-order valence-corrected chi connectivity index (χ0v) is 23.3. The molecule has 5 atom stereocenters. The van der Waals surface area contributed by atoms with Gasteiger partial charge in [-0.2, -0.15) is 8.42 Å². The fourth-order valence-corrected chi connectivity index (χ4v) is 9.92. The molecule has 8 heteroatoms. The topological polar surface area (TPSA) is 80.3 Å². The van der Waals surface area contributed by atoms with Crippen molar-refractivity contribution in [1.82, 2.24) is 0 Å². The molecule has 0 unspecified atom stereocenters. The van der Waals surface area contributed by atoms with Crippen molar-refractivity contribution in [2.45, 2.75) is 88.6 Å². The van der Waals surface area contributed by atoms with Gasteiger partial charge in [0.2, 0.25) is 0 Å². The second-order valence-corrected chi connectivity index (χ2v) is 14.0. The van der Waals surface area contributed by atoms with Gasteiger partial charge in [-0.3, -0.25) is 4.18 Å². The molecule has 0 radical (unpaired) electrons. The van der Waals surface area contributed by atoms with Crippen molar-refractivity contribution >= 4 is 10.1 Å². The van der Waals surface area contributed by atoms with Crippen molar-refractivity contribution in [1.29, 1.82) is 0 Å². The molecule has 7 nitrogen and oxygen atoms in total. The number of benzene rings is 1. The van der Waals surface area contributed by atoms with Crippen LogP contribution >= 0.6 is 0 Å². The van der Waals surface area contributed by atoms with Crippen LogP contribution in [-0.2, 0) is 33.2 Å². The number of hydrogen-bond donors (Lipinski definition) is 0. The first-order valence-electron chi connectivity index (χ1n) is 14.2. The maximum atomic E-state index is 12.7. The summed E-state index contributed by atoms with van der Waals surface area (Å²) in [6.07, 6.45) is 7.69. The number of fused-ring (bicyclic) bond motifs is 4. The minimum atomic E-state index is -3.77. The van der Waals surface area contributed by atoms with Crippen LogP contribution in [0.1, 0.15) is 70.8 Å². The van der Waals surface area contributed by atoms with Gasteiger partial charge in [-0.1, -0.05) is 31.5 Å². The molecule has 0 N–H and O–H groups in total. The summed E-state index contributed by atoms with van der Waals surface area (Å²) in [6.45, 7) is 9.47. The average molecular weight is 535 g/mol. The fraction of sp³-hybridized carbons (Fsp3) is 0.793. The molecule has 5 fully saturated rings. The summed E-state index contributed by atoms with van der Waals surface area (Å²) < 4.78 is 56.4. The van der Waals surface area contributed by atoms with E-state index in [2.05, 4.69) is 13.8 Å². The first-order valence-corrected chi connectivity index (χ1v) is 15.6. The van der Waals surface area contributed by atoms with Gasteiger partial charge in [-0.15, -0.1) is 0 Å². The molecule has 1 aromatic carbocycles. The van der Waals surface area contributed by atoms with Crippen LogP contribution in [0.15, 0.2) is 29.2 Å². The Balaban J connectivity index is 1.19. The maximum absolute atomic E-state index is 12.7. The Morgan fingerprint density at radius 1 is 0.838 bits per heavy atom. The van der Waals surface area contributed by atoms with E-state index in [9.17, 15) is 8.42 Å². The van der Waals surface area contributed by atoms with E-state index in [1.54, 1.807) is 24.3 Å². The highest BCUT2D eigenvalue weighted by Gasteiger charge is 2.69. The second-order valence-electron chi connectivity index (χ2n) is 12.4. The van der Waals surface area contributed by atoms with Crippen LogP contribution < -0.4 is 0 Å². The second kappa shape index (κ2) is 9.27. The predicted octanol–water partition coefficient (Wildman–Crippen LogP) is 5.21. The molecule has 2 aliphatic heterocycles. The molecule has 0 amide bonds. The van der Waals surface area contributed by atoms with Crippen LogP contribution in [-0.4, -0.2) is 53.0 Å². The summed E-state index contributed by atoms with van der Waals surface area (Å²) in [5, 5.41) is 0. The molecule has 0 bridgehead atoms. The summed E-state index contributed by atoms with van der Waals surface area (Å²) in [7, 11) is -3.77. The molecule has 2 saturated heterocycles. The lowest BCUT2D eigenvalue weighted by molar-refractivity contribution is -0.302. The quantitative estimate of drug-likeness (QED) is 0.366. The van der Waals surface area contributed by atoms with Crippen LogP contribution in [0, 0.1) is 35.5 Å². The summed E-state index contributed by atoms with van der Waals surface area (Å²) in [4.78, 5) is 0.207. The van der Waals surface area contributed by atoms with E-state index >= 15 is 0 Å². The van der Waals surface area contributed by atoms with E-state index < -0.39 is 21.7 Å². The van der Waals surface area contributed by atoms with Gasteiger partial charge in [0.1, 0.15) is 0 Å². The highest BCUT2D eigenvalue weighted by molar-refractivity contribution is 7.86. The summed E-state index contributed by atoms with van der Waals surface area (Å²) >= 11 is 0. The zero-order chi connectivity index (χ0) is 25.9. The smallest absolute Gasteiger partial charge is 0.296 e. The average Bonchev–Trinajstić information content (AvgIpc) is 3.61. The van der Waals surface area contributed by atoms with Crippen LogP contribution in [0.4, 0.5) is 0 Å². The van der Waals surface area contributed by atoms with Crippen molar-refractivity contribution < 1.29 is 31.5 Å². The molecule has 3 saturated carbocycles. The molecule has 1 aromatic rings. The van der Waals surface area contributed by atoms with E-state index in [4.69, 9.17) is 23.1 Å². The third-order valence-corrected chi connectivity index (χ3v) is 12.2. The third kappa shape index (κ3) is 3.96. The van der Waals surface area contributed by atoms with Gasteiger partial charge in [0.25, 0.3) is 10.1 Å². The Bertz CT molecular complexity index is 1090. The van der Waals surface area contributed by atoms with Crippen molar-refractivity contribution in [3.8, 4) is 0 Å². The zero-order valence-electron chi connectivity index (χ0n) is 22.5. The Kier molecular flexibility index (Phi) is 6.57. The molecule has 0 aromatic heterocycles. The highest BCUT2D eigenvalue weighted by atomic mass is 32.2. The van der Waals surface area contributed by atoms with Gasteiger partial charge < -0.3 is 18.9 Å². The molecule has 6 rings (SSSR count). The predicted molar refractivity (Wildman–Crippen MR) is 137 cm³/mol. The fourth-order valence-electron chi connectivity index (χ4n) is 8.98. The molecule has 2 heterocycles. The van der Waals surface area contributed by atoms with Gasteiger partial charge in [0.05, 0.1) is 37.9 Å². The molecular formula is C29H42O7S. The van der Waals surface area contributed by atoms with Crippen molar-refractivity contribution in [3.05, 3.63) is 29.8 Å². The van der Waals surface area contributed by atoms with Crippen LogP contribution in [0.25, 0.3) is 0 Å². The van der Waals surface area contributed by atoms with E-state index in [1.807, 2.05) is 6.92 Å². The Labute approximate surface area is 221 Å². The largest absolute Gasteiger partial charge is 0.347 e. The van der Waals surface area contributed by atoms with Crippen LogP contribution in [0.2, 0.25) is 0 Å². The van der Waals surface area contributed by atoms with Crippen LogP contribution in [0.3, 0.4) is 0 Å². The number of ether oxygens (including phenoxy) is 4. The molecule has 2 spiro atoms. The van der Waals surface area contributed by atoms with E-state index in [0.717, 1.165) is 50.5 Å². The normalized spacial score (nSPS) is 38.2. The van der Waals surface area contributed by atoms with Crippen molar-refractivity contribution in [3.63, 3.8) is 0 Å². The Hall–Kier alpha value is -1.03. The van der Waals surface area contributed by atoms with Gasteiger partial charge in [-0.05, 0) is 75.3 Å². The van der Waals surface area contributed by atoms with E-state index in [0.29, 0.717) is 50.6 Å². The first kappa shape index (κ1) is 26.2.